The molecule has 1 heterocycles. The Labute approximate surface area is 205 Å². The zero-order chi connectivity index (χ0) is 24.5. The number of ether oxygens (including phenoxy) is 1. The van der Waals surface area contributed by atoms with Gasteiger partial charge < -0.3 is 9.30 Å². The largest absolute Gasteiger partial charge is 0.497 e. The van der Waals surface area contributed by atoms with Gasteiger partial charge in [0.25, 0.3) is 0 Å². The SMILES string of the molecule is C=C(Cl)/C(=C\C=C/C)Cn1c(C)c(-c2ccc(CC(C)C)cc2)c2cc(OC)ccc21.CC. The minimum absolute atomic E-state index is 0.562. The van der Waals surface area contributed by atoms with Crippen molar-refractivity contribution in [2.24, 2.45) is 5.92 Å². The molecule has 3 rings (SSSR count). The molecule has 2 aromatic carbocycles. The highest BCUT2D eigenvalue weighted by atomic mass is 35.5. The van der Waals surface area contributed by atoms with Crippen molar-refractivity contribution >= 4 is 22.5 Å². The molecule has 0 aliphatic heterocycles. The van der Waals surface area contributed by atoms with Crippen LogP contribution < -0.4 is 4.74 Å². The van der Waals surface area contributed by atoms with Gasteiger partial charge >= 0.3 is 0 Å². The van der Waals surface area contributed by atoms with Gasteiger partial charge in [-0.3, -0.25) is 0 Å². The lowest BCUT2D eigenvalue weighted by Crippen LogP contribution is -2.03. The second kappa shape index (κ2) is 12.5. The van der Waals surface area contributed by atoms with Gasteiger partial charge in [0.15, 0.2) is 0 Å². The van der Waals surface area contributed by atoms with Crippen molar-refractivity contribution < 1.29 is 4.74 Å². The average molecular weight is 464 g/mol. The van der Waals surface area contributed by atoms with Crippen LogP contribution >= 0.6 is 11.6 Å². The first-order valence-corrected chi connectivity index (χ1v) is 12.2. The Balaban J connectivity index is 0.00000187. The summed E-state index contributed by atoms with van der Waals surface area (Å²) in [5.41, 5.74) is 7.16. The number of allylic oxidation sites excluding steroid dienone is 5. The lowest BCUT2D eigenvalue weighted by Gasteiger charge is -2.12. The Morgan fingerprint density at radius 2 is 1.79 bits per heavy atom. The van der Waals surface area contributed by atoms with E-state index in [1.54, 1.807) is 7.11 Å². The monoisotopic (exact) mass is 463 g/mol. The Kier molecular flexibility index (Phi) is 10.1. The van der Waals surface area contributed by atoms with Crippen LogP contribution in [-0.2, 0) is 13.0 Å². The molecule has 0 fully saturated rings. The van der Waals surface area contributed by atoms with E-state index in [9.17, 15) is 0 Å². The summed E-state index contributed by atoms with van der Waals surface area (Å²) in [5.74, 6) is 1.50. The molecule has 0 unspecified atom stereocenters. The fraction of sp³-hybridized carbons (Fsp3) is 0.333. The van der Waals surface area contributed by atoms with Crippen molar-refractivity contribution in [2.45, 2.75) is 54.5 Å². The number of hydrogen-bond acceptors (Lipinski definition) is 1. The van der Waals surface area contributed by atoms with Crippen LogP contribution in [0.2, 0.25) is 0 Å². The van der Waals surface area contributed by atoms with Gasteiger partial charge in [-0.15, -0.1) is 0 Å². The molecule has 1 aromatic heterocycles. The maximum Gasteiger partial charge on any atom is 0.119 e. The topological polar surface area (TPSA) is 14.2 Å². The second-order valence-electron chi connectivity index (χ2n) is 8.35. The van der Waals surface area contributed by atoms with Gasteiger partial charge in [-0.2, -0.15) is 0 Å². The number of halogens is 1. The molecule has 0 atom stereocenters. The van der Waals surface area contributed by atoms with Crippen LogP contribution in [0.1, 0.15) is 45.9 Å². The Morgan fingerprint density at radius 3 is 2.33 bits per heavy atom. The first-order chi connectivity index (χ1) is 15.8. The predicted octanol–water partition coefficient (Wildman–Crippen LogP) is 9.11. The van der Waals surface area contributed by atoms with E-state index in [1.165, 1.54) is 27.8 Å². The molecule has 0 aliphatic carbocycles. The Morgan fingerprint density at radius 1 is 1.12 bits per heavy atom. The molecule has 2 nitrogen and oxygen atoms in total. The maximum absolute atomic E-state index is 6.33. The molecule has 0 bridgehead atoms. The third kappa shape index (κ3) is 6.42. The van der Waals surface area contributed by atoms with Gasteiger partial charge in [0.2, 0.25) is 0 Å². The molecule has 0 saturated heterocycles. The number of benzene rings is 2. The van der Waals surface area contributed by atoms with Gasteiger partial charge in [0.1, 0.15) is 5.75 Å². The summed E-state index contributed by atoms with van der Waals surface area (Å²) in [7, 11) is 1.71. The zero-order valence-corrected chi connectivity index (χ0v) is 22.0. The molecule has 3 aromatic rings. The minimum atomic E-state index is 0.562. The highest BCUT2D eigenvalue weighted by molar-refractivity contribution is 6.31. The zero-order valence-electron chi connectivity index (χ0n) is 21.2. The van der Waals surface area contributed by atoms with E-state index in [4.69, 9.17) is 16.3 Å². The summed E-state index contributed by atoms with van der Waals surface area (Å²) in [4.78, 5) is 0. The summed E-state index contributed by atoms with van der Waals surface area (Å²) in [6, 6.07) is 15.2. The molecular formula is C30H38ClNO. The molecule has 0 spiro atoms. The summed E-state index contributed by atoms with van der Waals surface area (Å²) in [6.45, 7) is 17.3. The fourth-order valence-electron chi connectivity index (χ4n) is 4.05. The fourth-order valence-corrected chi connectivity index (χ4v) is 4.17. The number of fused-ring (bicyclic) bond motifs is 1. The van der Waals surface area contributed by atoms with Gasteiger partial charge in [-0.25, -0.2) is 0 Å². The van der Waals surface area contributed by atoms with Gasteiger partial charge in [0, 0.05) is 33.7 Å². The van der Waals surface area contributed by atoms with Crippen LogP contribution in [0, 0.1) is 12.8 Å². The van der Waals surface area contributed by atoms with E-state index in [0.29, 0.717) is 17.5 Å². The van der Waals surface area contributed by atoms with Crippen molar-refractivity contribution in [2.75, 3.05) is 7.11 Å². The maximum atomic E-state index is 6.33. The van der Waals surface area contributed by atoms with E-state index in [1.807, 2.05) is 45.1 Å². The summed E-state index contributed by atoms with van der Waals surface area (Å²) in [5, 5.41) is 1.74. The van der Waals surface area contributed by atoms with Crippen LogP contribution in [0.4, 0.5) is 0 Å². The number of aromatic nitrogens is 1. The average Bonchev–Trinajstić information content (AvgIpc) is 3.08. The first kappa shape index (κ1) is 26.5. The van der Waals surface area contributed by atoms with Crippen molar-refractivity contribution in [3.05, 3.63) is 89.1 Å². The Bertz CT molecular complexity index is 1130. The third-order valence-corrected chi connectivity index (χ3v) is 5.83. The van der Waals surface area contributed by atoms with Crippen LogP contribution in [0.25, 0.3) is 22.0 Å². The molecule has 176 valence electrons. The summed E-state index contributed by atoms with van der Waals surface area (Å²) >= 11 is 6.33. The number of methoxy groups -OCH3 is 1. The van der Waals surface area contributed by atoms with Crippen molar-refractivity contribution in [1.29, 1.82) is 0 Å². The van der Waals surface area contributed by atoms with Crippen LogP contribution in [0.15, 0.2) is 77.9 Å². The third-order valence-electron chi connectivity index (χ3n) is 5.58. The van der Waals surface area contributed by atoms with Crippen LogP contribution in [0.5, 0.6) is 5.75 Å². The van der Waals surface area contributed by atoms with Gasteiger partial charge in [0.05, 0.1) is 7.11 Å². The van der Waals surface area contributed by atoms with Crippen molar-refractivity contribution in [3.8, 4) is 16.9 Å². The van der Waals surface area contributed by atoms with Gasteiger partial charge in [-0.05, 0) is 61.1 Å². The molecule has 0 aliphatic rings. The van der Waals surface area contributed by atoms with E-state index in [2.05, 4.69) is 68.3 Å². The van der Waals surface area contributed by atoms with Crippen molar-refractivity contribution in [3.63, 3.8) is 0 Å². The van der Waals surface area contributed by atoms with Crippen LogP contribution in [0.3, 0.4) is 0 Å². The van der Waals surface area contributed by atoms with Crippen molar-refractivity contribution in [1.82, 2.24) is 4.57 Å². The molecule has 0 N–H and O–H groups in total. The Hall–Kier alpha value is -2.71. The minimum Gasteiger partial charge on any atom is -0.497 e. The number of nitrogens with zero attached hydrogens (tertiary/aromatic N) is 1. The summed E-state index contributed by atoms with van der Waals surface area (Å²) < 4.78 is 7.85. The molecule has 0 amide bonds. The van der Waals surface area contributed by atoms with Gasteiger partial charge in [-0.1, -0.05) is 88.4 Å². The number of hydrogen-bond donors (Lipinski definition) is 0. The summed E-state index contributed by atoms with van der Waals surface area (Å²) in [6.07, 6.45) is 7.12. The molecular weight excluding hydrogens is 426 g/mol. The normalized spacial score (nSPS) is 11.7. The number of rotatable bonds is 8. The predicted molar refractivity (Wildman–Crippen MR) is 146 cm³/mol. The molecule has 0 radical (unpaired) electrons. The second-order valence-corrected chi connectivity index (χ2v) is 8.80. The lowest BCUT2D eigenvalue weighted by molar-refractivity contribution is 0.415. The highest BCUT2D eigenvalue weighted by Gasteiger charge is 2.18. The smallest absolute Gasteiger partial charge is 0.119 e. The lowest BCUT2D eigenvalue weighted by atomic mass is 9.97. The van der Waals surface area contributed by atoms with E-state index >= 15 is 0 Å². The van der Waals surface area contributed by atoms with E-state index in [-0.39, 0.29) is 0 Å². The standard InChI is InChI=1S/C28H32ClNO.C2H6/c1-7-8-9-24(20(4)29)18-30-21(5)28(26-17-25(31-6)14-15-27(26)30)23-12-10-22(11-13-23)16-19(2)3;1-2/h7-15,17,19H,4,16,18H2,1-3,5-6H3;1-2H3/b8-7-,24-9-;. The van der Waals surface area contributed by atoms with Crippen LogP contribution in [-0.4, -0.2) is 11.7 Å². The molecule has 3 heteroatoms. The van der Waals surface area contributed by atoms with E-state index < -0.39 is 0 Å². The molecule has 0 saturated carbocycles. The van der Waals surface area contributed by atoms with E-state index in [0.717, 1.165) is 23.3 Å². The quantitative estimate of drug-likeness (QED) is 0.304. The highest BCUT2D eigenvalue weighted by Crippen LogP contribution is 2.37. The molecule has 33 heavy (non-hydrogen) atoms. The first-order valence-electron chi connectivity index (χ1n) is 11.8.